The Hall–Kier alpha value is -2.56. The van der Waals surface area contributed by atoms with Crippen LogP contribution in [0.2, 0.25) is 0 Å². The molecule has 0 radical (unpaired) electrons. The third-order valence-electron chi connectivity index (χ3n) is 3.01. The van der Waals surface area contributed by atoms with Crippen LogP contribution in [0.3, 0.4) is 0 Å². The highest BCUT2D eigenvalue weighted by Crippen LogP contribution is 2.21. The Morgan fingerprint density at radius 3 is 3.00 bits per heavy atom. The fraction of sp³-hybridized carbons (Fsp3) is 0.200. The first-order chi connectivity index (χ1) is 9.76. The number of aryl methyl sites for hydroxylation is 1. The SMILES string of the molecule is CCNc1cn2ccnc2c(Nc2cccc(C)c2)n1. The van der Waals surface area contributed by atoms with Crippen LogP contribution in [-0.4, -0.2) is 20.9 Å². The second-order valence-corrected chi connectivity index (χ2v) is 4.66. The average Bonchev–Trinajstić information content (AvgIpc) is 2.87. The molecular weight excluding hydrogens is 250 g/mol. The molecule has 0 fully saturated rings. The fourth-order valence-corrected chi connectivity index (χ4v) is 2.14. The zero-order chi connectivity index (χ0) is 13.9. The number of anilines is 3. The number of fused-ring (bicyclic) bond motifs is 1. The monoisotopic (exact) mass is 267 g/mol. The summed E-state index contributed by atoms with van der Waals surface area (Å²) >= 11 is 0. The van der Waals surface area contributed by atoms with E-state index in [1.807, 2.05) is 35.9 Å². The molecule has 102 valence electrons. The van der Waals surface area contributed by atoms with Gasteiger partial charge in [-0.2, -0.15) is 0 Å². The van der Waals surface area contributed by atoms with E-state index < -0.39 is 0 Å². The molecule has 0 aliphatic rings. The summed E-state index contributed by atoms with van der Waals surface area (Å²) in [6.07, 6.45) is 5.63. The molecule has 3 rings (SSSR count). The minimum absolute atomic E-state index is 0.749. The highest BCUT2D eigenvalue weighted by Gasteiger charge is 2.07. The molecule has 1 aromatic carbocycles. The second-order valence-electron chi connectivity index (χ2n) is 4.66. The third kappa shape index (κ3) is 2.42. The topological polar surface area (TPSA) is 54.2 Å². The Balaban J connectivity index is 2.02. The van der Waals surface area contributed by atoms with Crippen molar-refractivity contribution in [2.24, 2.45) is 0 Å². The van der Waals surface area contributed by atoms with E-state index in [-0.39, 0.29) is 0 Å². The maximum absolute atomic E-state index is 4.58. The number of imidazole rings is 1. The van der Waals surface area contributed by atoms with Gasteiger partial charge in [0.2, 0.25) is 0 Å². The normalized spacial score (nSPS) is 10.7. The standard InChI is InChI=1S/C15H17N5/c1-3-16-13-10-20-8-7-17-15(20)14(19-13)18-12-6-4-5-11(2)9-12/h4-10,16H,3H2,1-2H3,(H,18,19). The van der Waals surface area contributed by atoms with Crippen LogP contribution in [0.15, 0.2) is 42.9 Å². The van der Waals surface area contributed by atoms with Gasteiger partial charge in [0.1, 0.15) is 5.82 Å². The zero-order valence-corrected chi connectivity index (χ0v) is 11.6. The smallest absolute Gasteiger partial charge is 0.180 e. The van der Waals surface area contributed by atoms with Crippen LogP contribution in [0.25, 0.3) is 5.65 Å². The van der Waals surface area contributed by atoms with Crippen LogP contribution in [0.1, 0.15) is 12.5 Å². The molecule has 0 aliphatic carbocycles. The van der Waals surface area contributed by atoms with Gasteiger partial charge in [0.05, 0.1) is 6.20 Å². The van der Waals surface area contributed by atoms with Crippen molar-refractivity contribution in [3.8, 4) is 0 Å². The van der Waals surface area contributed by atoms with Crippen LogP contribution >= 0.6 is 0 Å². The summed E-state index contributed by atoms with van der Waals surface area (Å²) in [5.74, 6) is 1.58. The molecule has 0 atom stereocenters. The van der Waals surface area contributed by atoms with Gasteiger partial charge in [-0.25, -0.2) is 9.97 Å². The summed E-state index contributed by atoms with van der Waals surface area (Å²) in [7, 11) is 0. The van der Waals surface area contributed by atoms with Crippen LogP contribution < -0.4 is 10.6 Å². The molecule has 20 heavy (non-hydrogen) atoms. The van der Waals surface area contributed by atoms with Crippen molar-refractivity contribution < 1.29 is 0 Å². The van der Waals surface area contributed by atoms with Gasteiger partial charge in [0.15, 0.2) is 11.5 Å². The van der Waals surface area contributed by atoms with Crippen molar-refractivity contribution in [1.82, 2.24) is 14.4 Å². The van der Waals surface area contributed by atoms with Crippen molar-refractivity contribution in [2.45, 2.75) is 13.8 Å². The van der Waals surface area contributed by atoms with Crippen LogP contribution in [0, 0.1) is 6.92 Å². The summed E-state index contributed by atoms with van der Waals surface area (Å²) in [4.78, 5) is 8.93. The third-order valence-corrected chi connectivity index (χ3v) is 3.01. The van der Waals surface area contributed by atoms with Gasteiger partial charge in [-0.05, 0) is 31.5 Å². The lowest BCUT2D eigenvalue weighted by atomic mass is 10.2. The first-order valence-electron chi connectivity index (χ1n) is 6.67. The van der Waals surface area contributed by atoms with Gasteiger partial charge in [0, 0.05) is 24.6 Å². The zero-order valence-electron chi connectivity index (χ0n) is 11.6. The van der Waals surface area contributed by atoms with Gasteiger partial charge in [0.25, 0.3) is 0 Å². The molecule has 0 unspecified atom stereocenters. The molecule has 0 saturated carbocycles. The first-order valence-corrected chi connectivity index (χ1v) is 6.67. The van der Waals surface area contributed by atoms with E-state index in [0.717, 1.165) is 29.5 Å². The Labute approximate surface area is 117 Å². The molecule has 0 amide bonds. The molecular formula is C15H17N5. The lowest BCUT2D eigenvalue weighted by Gasteiger charge is -2.10. The van der Waals surface area contributed by atoms with E-state index in [4.69, 9.17) is 0 Å². The second kappa shape index (κ2) is 5.21. The van der Waals surface area contributed by atoms with Crippen molar-refractivity contribution >= 4 is 23.0 Å². The highest BCUT2D eigenvalue weighted by molar-refractivity contribution is 5.71. The van der Waals surface area contributed by atoms with Crippen molar-refractivity contribution in [1.29, 1.82) is 0 Å². The number of hydrogen-bond acceptors (Lipinski definition) is 4. The highest BCUT2D eigenvalue weighted by atomic mass is 15.1. The van der Waals surface area contributed by atoms with Crippen LogP contribution in [0.4, 0.5) is 17.3 Å². The molecule has 0 aliphatic heterocycles. The summed E-state index contributed by atoms with van der Waals surface area (Å²) in [5, 5.41) is 6.57. The predicted molar refractivity (Wildman–Crippen MR) is 81.6 cm³/mol. The van der Waals surface area contributed by atoms with Crippen molar-refractivity contribution in [2.75, 3.05) is 17.2 Å². The van der Waals surface area contributed by atoms with Gasteiger partial charge in [-0.3, -0.25) is 0 Å². The molecule has 2 aromatic heterocycles. The molecule has 0 bridgehead atoms. The summed E-state index contributed by atoms with van der Waals surface area (Å²) in [6.45, 7) is 4.95. The van der Waals surface area contributed by atoms with Gasteiger partial charge in [-0.1, -0.05) is 12.1 Å². The van der Waals surface area contributed by atoms with Gasteiger partial charge < -0.3 is 15.0 Å². The number of benzene rings is 1. The van der Waals surface area contributed by atoms with Gasteiger partial charge >= 0.3 is 0 Å². The predicted octanol–water partition coefficient (Wildman–Crippen LogP) is 3.21. The minimum atomic E-state index is 0.749. The van der Waals surface area contributed by atoms with E-state index in [9.17, 15) is 0 Å². The lowest BCUT2D eigenvalue weighted by molar-refractivity contribution is 1.09. The van der Waals surface area contributed by atoms with E-state index in [0.29, 0.717) is 0 Å². The maximum atomic E-state index is 4.58. The average molecular weight is 267 g/mol. The van der Waals surface area contributed by atoms with Crippen LogP contribution in [-0.2, 0) is 0 Å². The Morgan fingerprint density at radius 1 is 1.30 bits per heavy atom. The Bertz CT molecular complexity index is 732. The molecule has 5 nitrogen and oxygen atoms in total. The van der Waals surface area contributed by atoms with E-state index in [1.165, 1.54) is 5.56 Å². The number of aromatic nitrogens is 3. The van der Waals surface area contributed by atoms with E-state index >= 15 is 0 Å². The Morgan fingerprint density at radius 2 is 2.20 bits per heavy atom. The number of nitrogens with zero attached hydrogens (tertiary/aromatic N) is 3. The minimum Gasteiger partial charge on any atom is -0.369 e. The lowest BCUT2D eigenvalue weighted by Crippen LogP contribution is -2.05. The van der Waals surface area contributed by atoms with Gasteiger partial charge in [-0.15, -0.1) is 0 Å². The molecule has 0 saturated heterocycles. The molecule has 0 spiro atoms. The van der Waals surface area contributed by atoms with Crippen LogP contribution in [0.5, 0.6) is 0 Å². The summed E-state index contributed by atoms with van der Waals surface area (Å²) in [6, 6.07) is 8.20. The molecule has 2 N–H and O–H groups in total. The van der Waals surface area contributed by atoms with E-state index in [2.05, 4.69) is 39.7 Å². The number of hydrogen-bond donors (Lipinski definition) is 2. The number of rotatable bonds is 4. The maximum Gasteiger partial charge on any atom is 0.180 e. The number of nitrogens with one attached hydrogen (secondary N) is 2. The summed E-state index contributed by atoms with van der Waals surface area (Å²) < 4.78 is 1.96. The largest absolute Gasteiger partial charge is 0.369 e. The Kier molecular flexibility index (Phi) is 3.25. The quantitative estimate of drug-likeness (QED) is 0.762. The first kappa shape index (κ1) is 12.5. The fourth-order valence-electron chi connectivity index (χ4n) is 2.14. The molecule has 3 aromatic rings. The van der Waals surface area contributed by atoms with Crippen molar-refractivity contribution in [3.05, 3.63) is 48.4 Å². The summed E-state index contributed by atoms with van der Waals surface area (Å²) in [5.41, 5.74) is 3.03. The molecule has 5 heteroatoms. The van der Waals surface area contributed by atoms with E-state index in [1.54, 1.807) is 6.20 Å². The molecule has 2 heterocycles. The van der Waals surface area contributed by atoms with Crippen molar-refractivity contribution in [3.63, 3.8) is 0 Å².